The zero-order valence-electron chi connectivity index (χ0n) is 17.7. The number of furan rings is 1. The fourth-order valence-electron chi connectivity index (χ4n) is 3.68. The molecule has 0 bridgehead atoms. The molecule has 34 heavy (non-hydrogen) atoms. The first kappa shape index (κ1) is 21.8. The molecule has 166 valence electrons. The van der Waals surface area contributed by atoms with E-state index in [-0.39, 0.29) is 10.7 Å². The highest BCUT2D eigenvalue weighted by atomic mass is 35.5. The van der Waals surface area contributed by atoms with Crippen LogP contribution in [0.1, 0.15) is 5.76 Å². The number of thiocarbonyl (C=S) groups is 1. The molecule has 0 aliphatic carbocycles. The summed E-state index contributed by atoms with van der Waals surface area (Å²) in [6.45, 7) is 0. The molecule has 2 amide bonds. The summed E-state index contributed by atoms with van der Waals surface area (Å²) < 4.78 is 5.92. The van der Waals surface area contributed by atoms with Crippen molar-refractivity contribution >= 4 is 58.2 Å². The lowest BCUT2D eigenvalue weighted by molar-refractivity contribution is -0.120. The lowest BCUT2D eigenvalue weighted by Gasteiger charge is -2.36. The molecule has 3 aromatic carbocycles. The fourth-order valence-corrected chi connectivity index (χ4v) is 4.18. The number of hydrogen-bond donors (Lipinski definition) is 0. The average Bonchev–Trinajstić information content (AvgIpc) is 3.32. The molecule has 0 unspecified atom stereocenters. The first-order valence-corrected chi connectivity index (χ1v) is 11.2. The summed E-state index contributed by atoms with van der Waals surface area (Å²) in [5.41, 5.74) is 1.91. The van der Waals surface area contributed by atoms with Crippen LogP contribution in [-0.2, 0) is 9.59 Å². The van der Waals surface area contributed by atoms with Crippen LogP contribution in [0.3, 0.4) is 0 Å². The lowest BCUT2D eigenvalue weighted by atomic mass is 10.1. The Labute approximate surface area is 206 Å². The molecule has 5 rings (SSSR count). The Morgan fingerprint density at radius 3 is 1.76 bits per heavy atom. The van der Waals surface area contributed by atoms with Crippen molar-refractivity contribution in [2.45, 2.75) is 0 Å². The van der Waals surface area contributed by atoms with Crippen molar-refractivity contribution in [3.8, 4) is 11.3 Å². The fraction of sp³-hybridized carbons (Fsp3) is 0. The van der Waals surface area contributed by atoms with Gasteiger partial charge in [0.2, 0.25) is 0 Å². The normalized spacial score (nSPS) is 14.0. The van der Waals surface area contributed by atoms with Crippen molar-refractivity contribution < 1.29 is 14.0 Å². The summed E-state index contributed by atoms with van der Waals surface area (Å²) in [5, 5.41) is 0.708. The van der Waals surface area contributed by atoms with E-state index in [0.29, 0.717) is 27.9 Å². The van der Waals surface area contributed by atoms with Gasteiger partial charge in [-0.2, -0.15) is 0 Å². The number of carbonyl (C=O) groups excluding carboxylic acids is 2. The standard InChI is InChI=1S/C27H17ClN2O3S/c28-19-13-11-18(12-14-19)24-16-15-22(33-24)17-23-25(31)29(20-7-3-1-4-8-20)27(34)30(26(23)32)21-9-5-2-6-10-21/h1-17H. The first-order valence-electron chi connectivity index (χ1n) is 10.4. The number of amides is 2. The van der Waals surface area contributed by atoms with Crippen LogP contribution in [0, 0.1) is 0 Å². The number of carbonyl (C=O) groups is 2. The highest BCUT2D eigenvalue weighted by Crippen LogP contribution is 2.31. The molecule has 1 aliphatic heterocycles. The van der Waals surface area contributed by atoms with E-state index in [4.69, 9.17) is 28.2 Å². The van der Waals surface area contributed by atoms with E-state index < -0.39 is 11.8 Å². The highest BCUT2D eigenvalue weighted by Gasteiger charge is 2.41. The van der Waals surface area contributed by atoms with Crippen LogP contribution >= 0.6 is 23.8 Å². The minimum Gasteiger partial charge on any atom is -0.457 e. The number of nitrogens with zero attached hydrogens (tertiary/aromatic N) is 2. The molecular weight excluding hydrogens is 468 g/mol. The summed E-state index contributed by atoms with van der Waals surface area (Å²) >= 11 is 11.6. The largest absolute Gasteiger partial charge is 0.457 e. The molecule has 0 saturated carbocycles. The SMILES string of the molecule is O=C1C(=Cc2ccc(-c3ccc(Cl)cc3)o2)C(=O)N(c2ccccc2)C(=S)N1c1ccccc1. The van der Waals surface area contributed by atoms with E-state index >= 15 is 0 Å². The van der Waals surface area contributed by atoms with Gasteiger partial charge in [-0.15, -0.1) is 0 Å². The summed E-state index contributed by atoms with van der Waals surface area (Å²) in [5.74, 6) is -0.0688. The van der Waals surface area contributed by atoms with Gasteiger partial charge in [0.05, 0.1) is 11.4 Å². The van der Waals surface area contributed by atoms with Gasteiger partial charge in [0.25, 0.3) is 11.8 Å². The van der Waals surface area contributed by atoms with Gasteiger partial charge >= 0.3 is 0 Å². The lowest BCUT2D eigenvalue weighted by Crippen LogP contribution is -2.56. The third kappa shape index (κ3) is 4.05. The molecule has 1 fully saturated rings. The first-order chi connectivity index (χ1) is 16.5. The van der Waals surface area contributed by atoms with Crippen LogP contribution in [0.5, 0.6) is 0 Å². The maximum atomic E-state index is 13.5. The van der Waals surface area contributed by atoms with E-state index in [2.05, 4.69) is 0 Å². The van der Waals surface area contributed by atoms with Gasteiger partial charge in [0.1, 0.15) is 17.1 Å². The van der Waals surface area contributed by atoms with Gasteiger partial charge in [0.15, 0.2) is 5.11 Å². The van der Waals surface area contributed by atoms with Crippen molar-refractivity contribution in [1.29, 1.82) is 0 Å². The zero-order valence-corrected chi connectivity index (χ0v) is 19.3. The molecule has 7 heteroatoms. The van der Waals surface area contributed by atoms with E-state index in [9.17, 15) is 9.59 Å². The van der Waals surface area contributed by atoms with E-state index in [1.807, 2.05) is 48.5 Å². The monoisotopic (exact) mass is 484 g/mol. The summed E-state index contributed by atoms with van der Waals surface area (Å²) in [6.07, 6.45) is 1.46. The van der Waals surface area contributed by atoms with Crippen LogP contribution in [0.25, 0.3) is 17.4 Å². The third-order valence-corrected chi connectivity index (χ3v) is 5.94. The van der Waals surface area contributed by atoms with Gasteiger partial charge in [-0.25, -0.2) is 0 Å². The summed E-state index contributed by atoms with van der Waals surface area (Å²) in [6, 6.07) is 28.7. The molecular formula is C27H17ClN2O3S. The number of benzene rings is 3. The highest BCUT2D eigenvalue weighted by molar-refractivity contribution is 7.81. The number of para-hydroxylation sites is 2. The van der Waals surface area contributed by atoms with Crippen molar-refractivity contribution in [3.05, 3.63) is 113 Å². The summed E-state index contributed by atoms with van der Waals surface area (Å²) in [7, 11) is 0. The number of halogens is 1. The predicted molar refractivity (Wildman–Crippen MR) is 138 cm³/mol. The number of rotatable bonds is 4. The minimum absolute atomic E-state index is 0.0571. The van der Waals surface area contributed by atoms with Crippen LogP contribution in [0.2, 0.25) is 5.02 Å². The van der Waals surface area contributed by atoms with Crippen LogP contribution in [0.15, 0.2) is 107 Å². The zero-order chi connectivity index (χ0) is 23.7. The molecule has 1 saturated heterocycles. The Morgan fingerprint density at radius 2 is 1.24 bits per heavy atom. The maximum absolute atomic E-state index is 13.5. The van der Waals surface area contributed by atoms with Crippen molar-refractivity contribution in [2.75, 3.05) is 9.80 Å². The summed E-state index contributed by atoms with van der Waals surface area (Å²) in [4.78, 5) is 29.7. The van der Waals surface area contributed by atoms with Gasteiger partial charge in [0, 0.05) is 10.6 Å². The van der Waals surface area contributed by atoms with E-state index in [1.54, 1.807) is 48.5 Å². The molecule has 0 N–H and O–H groups in total. The van der Waals surface area contributed by atoms with E-state index in [1.165, 1.54) is 15.9 Å². The molecule has 0 atom stereocenters. The predicted octanol–water partition coefficient (Wildman–Crippen LogP) is 6.35. The second-order valence-corrected chi connectivity index (χ2v) is 8.30. The van der Waals surface area contributed by atoms with Crippen molar-refractivity contribution in [2.24, 2.45) is 0 Å². The topological polar surface area (TPSA) is 53.8 Å². The second-order valence-electron chi connectivity index (χ2n) is 7.50. The van der Waals surface area contributed by atoms with Crippen molar-refractivity contribution in [3.63, 3.8) is 0 Å². The minimum atomic E-state index is -0.516. The number of hydrogen-bond acceptors (Lipinski definition) is 4. The van der Waals surface area contributed by atoms with Crippen LogP contribution in [0.4, 0.5) is 11.4 Å². The number of anilines is 2. The molecule has 5 nitrogen and oxygen atoms in total. The maximum Gasteiger partial charge on any atom is 0.270 e. The van der Waals surface area contributed by atoms with Crippen molar-refractivity contribution in [1.82, 2.24) is 0 Å². The van der Waals surface area contributed by atoms with Gasteiger partial charge < -0.3 is 4.42 Å². The Hall–Kier alpha value is -4.00. The quantitative estimate of drug-likeness (QED) is 0.192. The Balaban J connectivity index is 1.58. The van der Waals surface area contributed by atoms with Crippen LogP contribution in [-0.4, -0.2) is 16.9 Å². The Bertz CT molecular complexity index is 1350. The Kier molecular flexibility index (Phi) is 5.84. The molecule has 4 aromatic rings. The second kappa shape index (κ2) is 9.09. The van der Waals surface area contributed by atoms with Gasteiger partial charge in [-0.1, -0.05) is 48.0 Å². The third-order valence-electron chi connectivity index (χ3n) is 5.32. The smallest absolute Gasteiger partial charge is 0.270 e. The van der Waals surface area contributed by atoms with Gasteiger partial charge in [-0.3, -0.25) is 19.4 Å². The molecule has 0 radical (unpaired) electrons. The van der Waals surface area contributed by atoms with Crippen LogP contribution < -0.4 is 9.80 Å². The molecule has 1 aromatic heterocycles. The van der Waals surface area contributed by atoms with E-state index in [0.717, 1.165) is 5.56 Å². The molecule has 0 spiro atoms. The van der Waals surface area contributed by atoms with Gasteiger partial charge in [-0.05, 0) is 79.0 Å². The Morgan fingerprint density at radius 1 is 0.706 bits per heavy atom. The molecule has 1 aliphatic rings. The average molecular weight is 485 g/mol. The molecule has 2 heterocycles.